The lowest BCUT2D eigenvalue weighted by Gasteiger charge is -2.28. The lowest BCUT2D eigenvalue weighted by atomic mass is 9.97. The van der Waals surface area contributed by atoms with E-state index in [1.165, 1.54) is 12.0 Å². The van der Waals surface area contributed by atoms with Crippen molar-refractivity contribution in [2.45, 2.75) is 17.7 Å². The standard InChI is InChI=1S/C22H26N2O8S/c1-24-10-8-14-17(22(24)25)18(30-4)19-20(32-12-31-19)21(14)33(26,27)23-9-7-13-5-6-15(28-2)16(11-13)29-3/h5-6,11,23H,7-10,12H2,1-4H3. The fraction of sp³-hybridized carbons (Fsp3) is 0.409. The van der Waals surface area contributed by atoms with Crippen molar-refractivity contribution in [3.05, 3.63) is 34.9 Å². The Morgan fingerprint density at radius 3 is 2.48 bits per heavy atom. The Balaban J connectivity index is 1.66. The van der Waals surface area contributed by atoms with Crippen LogP contribution in [-0.4, -0.2) is 67.5 Å². The molecule has 0 unspecified atom stereocenters. The average molecular weight is 479 g/mol. The van der Waals surface area contributed by atoms with Crippen LogP contribution in [0.4, 0.5) is 0 Å². The van der Waals surface area contributed by atoms with Crippen LogP contribution in [0.3, 0.4) is 0 Å². The Labute approximate surface area is 192 Å². The summed E-state index contributed by atoms with van der Waals surface area (Å²) in [7, 11) is 2.13. The molecule has 0 saturated heterocycles. The second-order valence-electron chi connectivity index (χ2n) is 7.59. The topological polar surface area (TPSA) is 113 Å². The van der Waals surface area contributed by atoms with Gasteiger partial charge in [0, 0.05) is 20.1 Å². The molecule has 2 aliphatic heterocycles. The van der Waals surface area contributed by atoms with Gasteiger partial charge >= 0.3 is 0 Å². The van der Waals surface area contributed by atoms with Gasteiger partial charge in [-0.2, -0.15) is 0 Å². The number of hydrogen-bond acceptors (Lipinski definition) is 8. The molecule has 0 bridgehead atoms. The summed E-state index contributed by atoms with van der Waals surface area (Å²) < 4.78 is 56.4. The van der Waals surface area contributed by atoms with Crippen molar-refractivity contribution in [1.29, 1.82) is 0 Å². The van der Waals surface area contributed by atoms with Gasteiger partial charge in [0.15, 0.2) is 23.0 Å². The summed E-state index contributed by atoms with van der Waals surface area (Å²) in [5, 5.41) is 0. The minimum absolute atomic E-state index is 0.0699. The molecule has 33 heavy (non-hydrogen) atoms. The van der Waals surface area contributed by atoms with Crippen LogP contribution in [0, 0.1) is 0 Å². The molecule has 0 spiro atoms. The van der Waals surface area contributed by atoms with E-state index in [0.29, 0.717) is 36.4 Å². The van der Waals surface area contributed by atoms with E-state index in [2.05, 4.69) is 4.72 Å². The van der Waals surface area contributed by atoms with Crippen LogP contribution in [0.25, 0.3) is 0 Å². The predicted molar refractivity (Wildman–Crippen MR) is 118 cm³/mol. The van der Waals surface area contributed by atoms with E-state index in [1.807, 2.05) is 6.07 Å². The first kappa shape index (κ1) is 23.0. The summed E-state index contributed by atoms with van der Waals surface area (Å²) in [6.07, 6.45) is 0.760. The Morgan fingerprint density at radius 1 is 1.06 bits per heavy atom. The average Bonchev–Trinajstić information content (AvgIpc) is 3.28. The first-order valence-corrected chi connectivity index (χ1v) is 11.8. The third-order valence-corrected chi connectivity index (χ3v) is 7.27. The van der Waals surface area contributed by atoms with E-state index < -0.39 is 10.0 Å². The lowest BCUT2D eigenvalue weighted by Crippen LogP contribution is -2.36. The number of carbonyl (C=O) groups is 1. The van der Waals surface area contributed by atoms with Crippen LogP contribution in [-0.2, 0) is 22.9 Å². The number of nitrogens with zero attached hydrogens (tertiary/aromatic N) is 1. The van der Waals surface area contributed by atoms with Crippen molar-refractivity contribution in [2.24, 2.45) is 0 Å². The maximum atomic E-state index is 13.4. The van der Waals surface area contributed by atoms with Crippen molar-refractivity contribution in [1.82, 2.24) is 9.62 Å². The summed E-state index contributed by atoms with van der Waals surface area (Å²) >= 11 is 0. The first-order valence-electron chi connectivity index (χ1n) is 10.3. The summed E-state index contributed by atoms with van der Waals surface area (Å²) in [5.74, 6) is 1.22. The zero-order valence-electron chi connectivity index (χ0n) is 18.9. The molecule has 2 aromatic rings. The lowest BCUT2D eigenvalue weighted by molar-refractivity contribution is 0.0775. The van der Waals surface area contributed by atoms with Gasteiger partial charge in [-0.25, -0.2) is 13.1 Å². The number of carbonyl (C=O) groups excluding carboxylic acids is 1. The Kier molecular flexibility index (Phi) is 6.26. The van der Waals surface area contributed by atoms with Gasteiger partial charge in [-0.05, 0) is 36.1 Å². The number of methoxy groups -OCH3 is 3. The molecular weight excluding hydrogens is 452 g/mol. The van der Waals surface area contributed by atoms with Gasteiger partial charge in [0.1, 0.15) is 4.90 Å². The maximum absolute atomic E-state index is 13.4. The summed E-state index contributed by atoms with van der Waals surface area (Å²) in [4.78, 5) is 14.4. The van der Waals surface area contributed by atoms with Gasteiger partial charge in [-0.3, -0.25) is 4.79 Å². The zero-order chi connectivity index (χ0) is 23.8. The Morgan fingerprint density at radius 2 is 1.79 bits per heavy atom. The fourth-order valence-electron chi connectivity index (χ4n) is 4.07. The molecule has 10 nitrogen and oxygen atoms in total. The van der Waals surface area contributed by atoms with Crippen molar-refractivity contribution in [3.8, 4) is 28.7 Å². The number of amides is 1. The molecule has 0 radical (unpaired) electrons. The van der Waals surface area contributed by atoms with Gasteiger partial charge in [0.2, 0.25) is 22.6 Å². The molecule has 11 heteroatoms. The third-order valence-electron chi connectivity index (χ3n) is 5.71. The van der Waals surface area contributed by atoms with Gasteiger partial charge in [-0.15, -0.1) is 0 Å². The smallest absolute Gasteiger partial charge is 0.257 e. The number of likely N-dealkylation sites (N-methyl/N-ethyl adjacent to an activating group) is 1. The zero-order valence-corrected chi connectivity index (χ0v) is 19.7. The quantitative estimate of drug-likeness (QED) is 0.609. The predicted octanol–water partition coefficient (Wildman–Crippen LogP) is 1.59. The molecular formula is C22H26N2O8S. The van der Waals surface area contributed by atoms with Crippen LogP contribution >= 0.6 is 0 Å². The fourth-order valence-corrected chi connectivity index (χ4v) is 5.51. The summed E-state index contributed by atoms with van der Waals surface area (Å²) in [6.45, 7) is 0.345. The molecule has 2 aliphatic rings. The molecule has 0 aromatic heterocycles. The van der Waals surface area contributed by atoms with Gasteiger partial charge < -0.3 is 28.6 Å². The van der Waals surface area contributed by atoms with E-state index in [-0.39, 0.29) is 47.0 Å². The van der Waals surface area contributed by atoms with Crippen LogP contribution in [0.2, 0.25) is 0 Å². The SMILES string of the molecule is COc1ccc(CCNS(=O)(=O)c2c3c(c(OC)c4c2OCO4)C(=O)N(C)CC3)cc1OC. The van der Waals surface area contributed by atoms with Crippen molar-refractivity contribution in [2.75, 3.05) is 48.3 Å². The molecule has 2 heterocycles. The number of nitrogens with one attached hydrogen (secondary N) is 1. The van der Waals surface area contributed by atoms with Gasteiger partial charge in [-0.1, -0.05) is 6.07 Å². The van der Waals surface area contributed by atoms with Crippen LogP contribution in [0.1, 0.15) is 21.5 Å². The molecule has 4 rings (SSSR count). The van der Waals surface area contributed by atoms with E-state index in [0.717, 1.165) is 5.56 Å². The number of rotatable bonds is 8. The highest BCUT2D eigenvalue weighted by Gasteiger charge is 2.40. The number of fused-ring (bicyclic) bond motifs is 2. The second kappa shape index (κ2) is 8.99. The van der Waals surface area contributed by atoms with Gasteiger partial charge in [0.05, 0.1) is 26.9 Å². The third kappa shape index (κ3) is 4.02. The molecule has 0 aliphatic carbocycles. The molecule has 0 atom stereocenters. The molecule has 0 saturated carbocycles. The molecule has 2 aromatic carbocycles. The van der Waals surface area contributed by atoms with Crippen LogP contribution < -0.4 is 28.4 Å². The number of benzene rings is 2. The normalized spacial score (nSPS) is 14.8. The minimum Gasteiger partial charge on any atom is -0.493 e. The van der Waals surface area contributed by atoms with Crippen molar-refractivity contribution < 1.29 is 36.9 Å². The second-order valence-corrected chi connectivity index (χ2v) is 9.30. The molecule has 178 valence electrons. The first-order chi connectivity index (χ1) is 15.8. The van der Waals surface area contributed by atoms with Crippen LogP contribution in [0.5, 0.6) is 28.7 Å². The van der Waals surface area contributed by atoms with E-state index in [4.69, 9.17) is 23.7 Å². The highest BCUT2D eigenvalue weighted by atomic mass is 32.2. The molecule has 1 amide bonds. The van der Waals surface area contributed by atoms with Crippen LogP contribution in [0.15, 0.2) is 23.1 Å². The Bertz CT molecular complexity index is 1200. The van der Waals surface area contributed by atoms with E-state index in [9.17, 15) is 13.2 Å². The molecule has 0 fully saturated rings. The van der Waals surface area contributed by atoms with E-state index in [1.54, 1.807) is 33.4 Å². The van der Waals surface area contributed by atoms with Crippen molar-refractivity contribution >= 4 is 15.9 Å². The summed E-state index contributed by atoms with van der Waals surface area (Å²) in [5.41, 5.74) is 1.43. The maximum Gasteiger partial charge on any atom is 0.257 e. The molecule has 1 N–H and O–H groups in total. The number of hydrogen-bond donors (Lipinski definition) is 1. The minimum atomic E-state index is -4.03. The highest BCUT2D eigenvalue weighted by Crippen LogP contribution is 2.51. The largest absolute Gasteiger partial charge is 0.493 e. The Hall–Kier alpha value is -3.18. The number of sulfonamides is 1. The highest BCUT2D eigenvalue weighted by molar-refractivity contribution is 7.89. The number of ether oxygens (including phenoxy) is 5. The monoisotopic (exact) mass is 478 g/mol. The van der Waals surface area contributed by atoms with E-state index >= 15 is 0 Å². The van der Waals surface area contributed by atoms with Crippen molar-refractivity contribution in [3.63, 3.8) is 0 Å². The summed E-state index contributed by atoms with van der Waals surface area (Å²) in [6, 6.07) is 5.41. The van der Waals surface area contributed by atoms with Gasteiger partial charge in [0.25, 0.3) is 5.91 Å².